The van der Waals surface area contributed by atoms with E-state index in [0.29, 0.717) is 0 Å². The Morgan fingerprint density at radius 2 is 1.53 bits per heavy atom. The summed E-state index contributed by atoms with van der Waals surface area (Å²) in [7, 11) is 1.91. The molecule has 1 aliphatic carbocycles. The Morgan fingerprint density at radius 3 is 2.36 bits per heavy atom. The van der Waals surface area contributed by atoms with Crippen LogP contribution in [0.15, 0.2) is 97.1 Å². The van der Waals surface area contributed by atoms with Crippen molar-refractivity contribution >= 4 is 28.1 Å². The predicted molar refractivity (Wildman–Crippen MR) is 147 cm³/mol. The molecule has 7 rings (SSSR count). The van der Waals surface area contributed by atoms with Crippen LogP contribution in [0.3, 0.4) is 0 Å². The van der Waals surface area contributed by atoms with Crippen LogP contribution in [0, 0.1) is 13.8 Å². The quantitative estimate of drug-likeness (QED) is 0.294. The van der Waals surface area contributed by atoms with Gasteiger partial charge in [0.15, 0.2) is 0 Å². The number of anilines is 1. The van der Waals surface area contributed by atoms with Crippen molar-refractivity contribution in [1.29, 1.82) is 0 Å². The van der Waals surface area contributed by atoms with E-state index in [1.165, 1.54) is 5.56 Å². The van der Waals surface area contributed by atoms with Crippen LogP contribution in [0.4, 0.5) is 5.69 Å². The summed E-state index contributed by atoms with van der Waals surface area (Å²) in [6.07, 6.45) is 2.24. The Kier molecular flexibility index (Phi) is 4.26. The number of likely N-dealkylation sites (N-methyl/N-ethyl adjacent to an activating group) is 1. The summed E-state index contributed by atoms with van der Waals surface area (Å²) in [6.45, 7) is 4.22. The minimum absolute atomic E-state index is 0.106. The second kappa shape index (κ2) is 7.32. The van der Waals surface area contributed by atoms with Gasteiger partial charge in [-0.15, -0.1) is 0 Å². The van der Waals surface area contributed by atoms with E-state index in [0.717, 1.165) is 61.2 Å². The number of carbonyl (C=O) groups is 1. The Balaban J connectivity index is 1.60. The van der Waals surface area contributed by atoms with E-state index in [2.05, 4.69) is 110 Å². The highest BCUT2D eigenvalue weighted by Gasteiger charge is 2.54. The number of aryl methyl sites for hydroxylation is 2. The number of para-hydroxylation sites is 1. The predicted octanol–water partition coefficient (Wildman–Crippen LogP) is 7.16. The molecule has 1 atom stereocenters. The van der Waals surface area contributed by atoms with Gasteiger partial charge in [0, 0.05) is 29.1 Å². The molecule has 36 heavy (non-hydrogen) atoms. The number of rotatable bonds is 2. The van der Waals surface area contributed by atoms with Gasteiger partial charge in [0.25, 0.3) is 0 Å². The number of nitrogens with one attached hydrogen (secondary N) is 1. The zero-order valence-electron chi connectivity index (χ0n) is 20.6. The largest absolute Gasteiger partial charge is 0.354 e. The maximum absolute atomic E-state index is 14.2. The molecule has 1 N–H and O–H groups in total. The lowest BCUT2D eigenvalue weighted by Gasteiger charge is -2.23. The molecular weight excluding hydrogens is 440 g/mol. The third kappa shape index (κ3) is 2.60. The first-order valence-corrected chi connectivity index (χ1v) is 12.4. The lowest BCUT2D eigenvalue weighted by molar-refractivity contribution is -0.120. The van der Waals surface area contributed by atoms with Gasteiger partial charge in [0.05, 0.1) is 11.4 Å². The minimum Gasteiger partial charge on any atom is -0.354 e. The Hall–Kier alpha value is -4.37. The molecule has 2 heterocycles. The monoisotopic (exact) mass is 466 g/mol. The fraction of sp³-hybridized carbons (Fsp3) is 0.121. The fourth-order valence-electron chi connectivity index (χ4n) is 6.47. The average molecular weight is 467 g/mol. The molecule has 0 fully saturated rings. The zero-order chi connectivity index (χ0) is 24.6. The molecule has 1 aromatic heterocycles. The van der Waals surface area contributed by atoms with Crippen molar-refractivity contribution in [2.45, 2.75) is 19.3 Å². The summed E-state index contributed by atoms with van der Waals surface area (Å²) < 4.78 is 0. The van der Waals surface area contributed by atoms with Crippen LogP contribution >= 0.6 is 0 Å². The summed E-state index contributed by atoms with van der Waals surface area (Å²) in [5.74, 6) is 0.106. The van der Waals surface area contributed by atoms with Gasteiger partial charge in [0.1, 0.15) is 5.41 Å². The summed E-state index contributed by atoms with van der Waals surface area (Å²) in [4.78, 5) is 19.8. The van der Waals surface area contributed by atoms with Crippen LogP contribution in [0.2, 0.25) is 0 Å². The molecule has 0 radical (unpaired) electrons. The first-order chi connectivity index (χ1) is 17.5. The van der Waals surface area contributed by atoms with E-state index >= 15 is 0 Å². The Labute approximate surface area is 210 Å². The number of hydrogen-bond donors (Lipinski definition) is 1. The van der Waals surface area contributed by atoms with Gasteiger partial charge in [0.2, 0.25) is 5.91 Å². The Bertz CT molecular complexity index is 1740. The van der Waals surface area contributed by atoms with Crippen molar-refractivity contribution < 1.29 is 4.79 Å². The molecule has 2 aliphatic rings. The number of carbonyl (C=O) groups excluding carboxylic acids is 1. The molecular formula is C33H26N2O. The molecule has 0 bridgehead atoms. The smallest absolute Gasteiger partial charge is 0.245 e. The van der Waals surface area contributed by atoms with E-state index in [-0.39, 0.29) is 5.91 Å². The van der Waals surface area contributed by atoms with E-state index in [4.69, 9.17) is 0 Å². The number of hydrogen-bond acceptors (Lipinski definition) is 1. The standard InChI is InChI=1S/C33H26N2O/c1-20-17-21(2)31-27(18-20)33(32(36)35(31)3)19-25(23-13-7-9-15-26(23)33)29-24-14-8-10-16-28(24)34-30(29)22-11-5-4-6-12-22/h4-19,34H,1-3H3. The van der Waals surface area contributed by atoms with Crippen LogP contribution in [0.5, 0.6) is 0 Å². The normalized spacial score (nSPS) is 18.1. The molecule has 0 saturated carbocycles. The highest BCUT2D eigenvalue weighted by Crippen LogP contribution is 2.56. The Morgan fingerprint density at radius 1 is 0.806 bits per heavy atom. The number of aromatic amines is 1. The molecule has 1 aliphatic heterocycles. The van der Waals surface area contributed by atoms with Gasteiger partial charge >= 0.3 is 0 Å². The maximum Gasteiger partial charge on any atom is 0.245 e. The number of H-pyrrole nitrogens is 1. The number of benzene rings is 4. The molecule has 1 amide bonds. The van der Waals surface area contributed by atoms with E-state index in [1.54, 1.807) is 0 Å². The van der Waals surface area contributed by atoms with Crippen LogP contribution in [0.25, 0.3) is 27.7 Å². The third-order valence-electron chi connectivity index (χ3n) is 7.89. The number of fused-ring (bicyclic) bond motifs is 5. The molecule has 3 nitrogen and oxygen atoms in total. The third-order valence-corrected chi connectivity index (χ3v) is 7.89. The summed E-state index contributed by atoms with van der Waals surface area (Å²) in [5.41, 5.74) is 11.3. The molecule has 5 aromatic rings. The van der Waals surface area contributed by atoms with Gasteiger partial charge in [-0.1, -0.05) is 96.6 Å². The molecule has 174 valence electrons. The lowest BCUT2D eigenvalue weighted by atomic mass is 9.76. The number of nitrogens with zero attached hydrogens (tertiary/aromatic N) is 1. The molecule has 3 heteroatoms. The van der Waals surface area contributed by atoms with Gasteiger partial charge in [-0.05, 0) is 47.7 Å². The van der Waals surface area contributed by atoms with Crippen LogP contribution in [0.1, 0.15) is 33.4 Å². The minimum atomic E-state index is -0.834. The molecule has 4 aromatic carbocycles. The fourth-order valence-corrected chi connectivity index (χ4v) is 6.47. The first kappa shape index (κ1) is 21.0. The summed E-state index contributed by atoms with van der Waals surface area (Å²) >= 11 is 0. The van der Waals surface area contributed by atoms with Crippen LogP contribution < -0.4 is 4.90 Å². The van der Waals surface area contributed by atoms with Crippen molar-refractivity contribution in [2.24, 2.45) is 0 Å². The van der Waals surface area contributed by atoms with Gasteiger partial charge in [-0.3, -0.25) is 4.79 Å². The number of aromatic nitrogens is 1. The van der Waals surface area contributed by atoms with Crippen molar-refractivity contribution in [3.63, 3.8) is 0 Å². The van der Waals surface area contributed by atoms with Crippen molar-refractivity contribution in [3.05, 3.63) is 130 Å². The van der Waals surface area contributed by atoms with E-state index in [9.17, 15) is 4.79 Å². The average Bonchev–Trinajstić information content (AvgIpc) is 3.51. The van der Waals surface area contributed by atoms with Crippen molar-refractivity contribution in [2.75, 3.05) is 11.9 Å². The SMILES string of the molecule is Cc1cc(C)c2c(c1)C1(C=C(c3c(-c4ccccc4)[nH]c4ccccc34)c3ccccc31)C(=O)N2C. The topological polar surface area (TPSA) is 36.1 Å². The van der Waals surface area contributed by atoms with E-state index in [1.807, 2.05) is 18.0 Å². The van der Waals surface area contributed by atoms with Crippen LogP contribution in [-0.2, 0) is 10.2 Å². The lowest BCUT2D eigenvalue weighted by Crippen LogP contribution is -2.37. The van der Waals surface area contributed by atoms with Gasteiger partial charge in [-0.25, -0.2) is 0 Å². The highest BCUT2D eigenvalue weighted by molar-refractivity contribution is 6.17. The first-order valence-electron chi connectivity index (χ1n) is 12.4. The zero-order valence-corrected chi connectivity index (χ0v) is 20.6. The van der Waals surface area contributed by atoms with Crippen molar-refractivity contribution in [1.82, 2.24) is 4.98 Å². The molecule has 0 saturated heterocycles. The number of amides is 1. The highest BCUT2D eigenvalue weighted by atomic mass is 16.2. The molecule has 1 spiro atoms. The second-order valence-electron chi connectivity index (χ2n) is 10.0. The van der Waals surface area contributed by atoms with Gasteiger partial charge < -0.3 is 9.88 Å². The maximum atomic E-state index is 14.2. The molecule has 1 unspecified atom stereocenters. The van der Waals surface area contributed by atoms with Gasteiger partial charge in [-0.2, -0.15) is 0 Å². The second-order valence-corrected chi connectivity index (χ2v) is 10.0. The summed E-state index contributed by atoms with van der Waals surface area (Å²) in [5, 5.41) is 1.16. The van der Waals surface area contributed by atoms with Crippen LogP contribution in [-0.4, -0.2) is 17.9 Å². The summed E-state index contributed by atoms with van der Waals surface area (Å²) in [6, 6.07) is 31.7. The van der Waals surface area contributed by atoms with E-state index < -0.39 is 5.41 Å². The van der Waals surface area contributed by atoms with Crippen molar-refractivity contribution in [3.8, 4) is 11.3 Å².